The monoisotopic (exact) mass is 1830 g/mol. The third-order valence-electron chi connectivity index (χ3n) is 22.9. The molecule has 6 aromatic carbocycles. The van der Waals surface area contributed by atoms with E-state index in [-0.39, 0.29) is 74.5 Å². The van der Waals surface area contributed by atoms with E-state index in [1.54, 1.807) is 161 Å². The summed E-state index contributed by atoms with van der Waals surface area (Å²) < 4.78 is 0. The number of hydrogen-bond acceptors (Lipinski definition) is 19. The molecule has 704 valence electrons. The molecule has 16 N–H and O–H groups in total. The fourth-order valence-electron chi connectivity index (χ4n) is 15.6. The molecule has 1 aliphatic rings. The first-order chi connectivity index (χ1) is 62.9. The number of aromatic hydroxyl groups is 2. The highest BCUT2D eigenvalue weighted by atomic mass is 32.2. The number of primary amides is 1. The van der Waals surface area contributed by atoms with Crippen LogP contribution in [0.5, 0.6) is 11.5 Å². The number of unbranched alkanes of at least 4 members (excludes halogenated alkanes) is 1. The Hall–Kier alpha value is -14.1. The topological polar surface area (TPSA) is 516 Å². The van der Waals surface area contributed by atoms with Crippen LogP contribution in [0, 0.1) is 11.8 Å². The maximum absolute atomic E-state index is 15.6. The average Bonchev–Trinajstić information content (AvgIpc) is 1.69. The smallest absolute Gasteiger partial charge is 0.305 e. The number of nitrogens with two attached hydrogens (primary N) is 1. The lowest BCUT2D eigenvalue weighted by Gasteiger charge is -2.37. The second-order valence-electron chi connectivity index (χ2n) is 33.9. The van der Waals surface area contributed by atoms with Gasteiger partial charge in [-0.1, -0.05) is 169 Å². The minimum absolute atomic E-state index is 0.0272. The number of fused-ring (bicyclic) bond motifs is 2. The van der Waals surface area contributed by atoms with Crippen LogP contribution >= 0.6 is 11.8 Å². The summed E-state index contributed by atoms with van der Waals surface area (Å²) in [4.78, 5) is 248. The van der Waals surface area contributed by atoms with Crippen LogP contribution in [0.25, 0.3) is 21.8 Å². The molecule has 0 saturated carbocycles. The SMILES string of the molecule is CCCC[C@H]1C(=O)N(C)CC(=O)N[C@@H](CC(=O)O)C(=O)N[C@@H](C(C)C)C(=O)N(C)[C@@H](Cc2ccccc2)C(=O)N[C@@H](Cc2c[nH]c3ccc(O)cc23)C(=O)N(C)CC(=O)N[C@@H](Cc2c[nH]c3ccccc23)C(=O)NC(Cc2ccc(O)cc2)C(=O)N[C@@H](CC(C)C)C(=O)N[C@H](C(=O)NCC(N)=O)CSCC(=O)N[C@@H](Cc2ccccc2)C(=O)N(C)[C@@H](Cc2ccccc2)C(=O)N1C. The number of thioether (sulfide) groups is 1. The Balaban J connectivity index is 1.12. The Morgan fingerprint density at radius 1 is 0.455 bits per heavy atom. The second kappa shape index (κ2) is 48.5. The number of H-pyrrole nitrogens is 2. The van der Waals surface area contributed by atoms with E-state index in [1.807, 2.05) is 6.92 Å². The van der Waals surface area contributed by atoms with Gasteiger partial charge in [0.1, 0.15) is 78.0 Å². The molecule has 15 amide bonds. The van der Waals surface area contributed by atoms with Gasteiger partial charge in [-0.3, -0.25) is 76.7 Å². The molecule has 9 rings (SSSR count). The van der Waals surface area contributed by atoms with E-state index in [2.05, 4.69) is 57.8 Å². The van der Waals surface area contributed by atoms with Crippen LogP contribution in [-0.2, 0) is 115 Å². The summed E-state index contributed by atoms with van der Waals surface area (Å²) in [6.07, 6.45) is 1.57. The number of carbonyl (C=O) groups is 16. The van der Waals surface area contributed by atoms with E-state index >= 15 is 43.2 Å². The Kier molecular flexibility index (Phi) is 37.3. The van der Waals surface area contributed by atoms with E-state index in [0.717, 1.165) is 26.5 Å². The third kappa shape index (κ3) is 29.2. The van der Waals surface area contributed by atoms with Gasteiger partial charge in [-0.05, 0) is 94.5 Å². The van der Waals surface area contributed by atoms with Gasteiger partial charge in [-0.25, -0.2) is 0 Å². The summed E-state index contributed by atoms with van der Waals surface area (Å²) in [5.41, 5.74) is 9.62. The van der Waals surface area contributed by atoms with Gasteiger partial charge in [-0.15, -0.1) is 11.8 Å². The first-order valence-corrected chi connectivity index (χ1v) is 44.8. The van der Waals surface area contributed by atoms with Crippen molar-refractivity contribution in [3.63, 3.8) is 0 Å². The second-order valence-corrected chi connectivity index (χ2v) is 35.0. The minimum atomic E-state index is -1.91. The highest BCUT2D eigenvalue weighted by Crippen LogP contribution is 2.27. The van der Waals surface area contributed by atoms with Crippen LogP contribution in [0.4, 0.5) is 0 Å². The number of carboxylic acid groups (broad SMARTS) is 1. The number of carboxylic acids is 1. The summed E-state index contributed by atoms with van der Waals surface area (Å²) in [5, 5.41) is 56.6. The normalized spacial score (nSPS) is 21.7. The summed E-state index contributed by atoms with van der Waals surface area (Å²) in [7, 11) is 6.54. The lowest BCUT2D eigenvalue weighted by molar-refractivity contribution is -0.151. The highest BCUT2D eigenvalue weighted by molar-refractivity contribution is 8.00. The molecule has 0 aliphatic carbocycles. The van der Waals surface area contributed by atoms with Crippen LogP contribution < -0.4 is 53.6 Å². The van der Waals surface area contributed by atoms with E-state index < -0.39 is 199 Å². The zero-order valence-electron chi connectivity index (χ0n) is 75.6. The highest BCUT2D eigenvalue weighted by Gasteiger charge is 2.42. The van der Waals surface area contributed by atoms with Gasteiger partial charge in [0.05, 0.1) is 31.8 Å². The van der Waals surface area contributed by atoms with E-state index in [4.69, 9.17) is 5.73 Å². The first kappa shape index (κ1) is 102. The number of aliphatic carboxylic acids is 1. The fraction of sp³-hybridized carbons (Fsp3) is 0.411. The molecule has 1 saturated heterocycles. The van der Waals surface area contributed by atoms with Crippen LogP contribution in [0.15, 0.2) is 170 Å². The summed E-state index contributed by atoms with van der Waals surface area (Å²) >= 11 is 0.828. The van der Waals surface area contributed by atoms with E-state index in [1.165, 1.54) is 81.4 Å². The Labute approximate surface area is 769 Å². The van der Waals surface area contributed by atoms with Gasteiger partial charge in [0, 0.05) is 114 Å². The molecular formula is C95H119N17O19S. The number of carbonyl (C=O) groups excluding carboxylic acids is 15. The van der Waals surface area contributed by atoms with Crippen molar-refractivity contribution in [3.05, 3.63) is 203 Å². The number of phenolic OH excluding ortho intramolecular Hbond substituents is 2. The van der Waals surface area contributed by atoms with Crippen LogP contribution in [0.3, 0.4) is 0 Å². The largest absolute Gasteiger partial charge is 0.508 e. The van der Waals surface area contributed by atoms with Gasteiger partial charge >= 0.3 is 5.97 Å². The number of phenols is 2. The van der Waals surface area contributed by atoms with Crippen molar-refractivity contribution in [2.45, 2.75) is 172 Å². The molecular weight excluding hydrogens is 1720 g/mol. The molecule has 1 unspecified atom stereocenters. The molecule has 36 nitrogen and oxygen atoms in total. The Morgan fingerprint density at radius 2 is 0.917 bits per heavy atom. The summed E-state index contributed by atoms with van der Waals surface area (Å²) in [6, 6.07) is 25.9. The first-order valence-electron chi connectivity index (χ1n) is 43.7. The van der Waals surface area contributed by atoms with Crippen molar-refractivity contribution >= 4 is 128 Å². The lowest BCUT2D eigenvalue weighted by Crippen LogP contribution is -2.61. The van der Waals surface area contributed by atoms with Gasteiger partial charge in [0.15, 0.2) is 0 Å². The van der Waals surface area contributed by atoms with E-state index in [0.29, 0.717) is 68.0 Å². The predicted molar refractivity (Wildman–Crippen MR) is 494 cm³/mol. The van der Waals surface area contributed by atoms with Gasteiger partial charge in [-0.2, -0.15) is 0 Å². The Bertz CT molecular complexity index is 5410. The maximum Gasteiger partial charge on any atom is 0.305 e. The van der Waals surface area contributed by atoms with Crippen molar-refractivity contribution in [3.8, 4) is 11.5 Å². The Morgan fingerprint density at radius 3 is 1.50 bits per heavy atom. The van der Waals surface area contributed by atoms with Crippen molar-refractivity contribution in [1.82, 2.24) is 82.3 Å². The lowest BCUT2D eigenvalue weighted by atomic mass is 9.98. The van der Waals surface area contributed by atoms with E-state index in [9.17, 15) is 48.9 Å². The number of amides is 15. The molecule has 0 bridgehead atoms. The molecule has 2 aromatic heterocycles. The number of nitrogens with one attached hydrogen (secondary N) is 11. The summed E-state index contributed by atoms with van der Waals surface area (Å²) in [5.74, 6) is -17.5. The predicted octanol–water partition coefficient (Wildman–Crippen LogP) is 2.81. The summed E-state index contributed by atoms with van der Waals surface area (Å²) in [6.45, 7) is 6.16. The molecule has 132 heavy (non-hydrogen) atoms. The number of benzene rings is 6. The molecule has 0 radical (unpaired) electrons. The molecule has 11 atom stereocenters. The van der Waals surface area contributed by atoms with Crippen LogP contribution in [0.1, 0.15) is 100 Å². The maximum atomic E-state index is 15.6. The number of para-hydroxylation sites is 1. The molecule has 37 heteroatoms. The van der Waals surface area contributed by atoms with Gasteiger partial charge in [0.25, 0.3) is 0 Å². The number of aromatic nitrogens is 2. The quantitative estimate of drug-likeness (QED) is 0.0438. The van der Waals surface area contributed by atoms with Crippen LogP contribution in [-0.4, -0.2) is 277 Å². The number of rotatable bonds is 23. The molecule has 1 aliphatic heterocycles. The number of hydrogen-bond donors (Lipinski definition) is 15. The average molecular weight is 1840 g/mol. The standard InChI is InChI=1S/C95H119N17O19S/c1-11-12-32-76-93(129)109(7)52-81(117)101-72(47-83(119)120)89(125)107-84(56(4)5)95(131)111(9)77(42-58-26-18-14-19-27-58)90(126)105-74(45-62-49-98-68-38-37-64(114)46-66(62)68)91(127)108(6)51-80(116)100-71(44-61-48-97-67-31-23-22-30-65(61)67)88(124)104-70(40-60-33-35-63(113)36-34-60)87(123)103-69(39-55(2)3)86(122)106-75(85(121)99-50-79(96)115)53-132-54-82(118)102-73(41-57-24-16-13-17-25-57)92(128)112(10)78(94(130)110(76)8)43-59-28-20-15-21-29-59/h13-31,33-38,46,48-49,55-56,69-78,84,97-98,113-114H,11-12,32,39-45,47,50-54H2,1-10H3,(H2,96,115)(H,99,121)(H,100,116)(H,101,117)(H,102,118)(H,103,123)(H,104,124)(H,105,126)(H,106,122)(H,107,125)(H,119,120)/t69-,70?,71-,72-,73-,74-,75-,76-,77-,78-,84-/m0/s1. The minimum Gasteiger partial charge on any atom is -0.508 e. The van der Waals surface area contributed by atoms with Crippen molar-refractivity contribution < 1.29 is 92.0 Å². The van der Waals surface area contributed by atoms with Crippen molar-refractivity contribution in [1.29, 1.82) is 0 Å². The number of nitrogens with zero attached hydrogens (tertiary/aromatic N) is 5. The molecule has 0 spiro atoms. The zero-order valence-corrected chi connectivity index (χ0v) is 76.4. The number of likely N-dealkylation sites (N-methyl/N-ethyl adjacent to an activating group) is 5. The van der Waals surface area contributed by atoms with Crippen LogP contribution in [0.2, 0.25) is 0 Å². The zero-order chi connectivity index (χ0) is 96.2. The third-order valence-corrected chi connectivity index (χ3v) is 23.9. The van der Waals surface area contributed by atoms with Crippen molar-refractivity contribution in [2.24, 2.45) is 17.6 Å². The molecule has 8 aromatic rings. The molecule has 3 heterocycles. The molecule has 1 fully saturated rings. The van der Waals surface area contributed by atoms with Gasteiger partial charge < -0.3 is 103 Å². The fourth-order valence-corrected chi connectivity index (χ4v) is 16.5. The number of aromatic amines is 2. The van der Waals surface area contributed by atoms with Crippen molar-refractivity contribution in [2.75, 3.05) is 66.4 Å². The van der Waals surface area contributed by atoms with Gasteiger partial charge in [0.2, 0.25) is 88.6 Å².